The number of carboxylic acids is 1. The van der Waals surface area contributed by atoms with Crippen LogP contribution in [0, 0.1) is 0 Å². The molecule has 0 bridgehead atoms. The van der Waals surface area contributed by atoms with Gasteiger partial charge in [-0.15, -0.1) is 0 Å². The first kappa shape index (κ1) is 27.0. The number of phenols is 4. The smallest absolute Gasteiger partial charge is 0.335 e. The molecule has 1 saturated carbocycles. The third kappa shape index (κ3) is 6.78. The average Bonchev–Trinajstić information content (AvgIpc) is 2.82. The van der Waals surface area contributed by atoms with Gasteiger partial charge in [0.25, 0.3) is 0 Å². The van der Waals surface area contributed by atoms with E-state index < -0.39 is 66.2 Å². The van der Waals surface area contributed by atoms with E-state index in [0.717, 1.165) is 18.2 Å². The Bertz CT molecular complexity index is 1250. The minimum atomic E-state index is -2.46. The van der Waals surface area contributed by atoms with Crippen molar-refractivity contribution in [2.24, 2.45) is 0 Å². The number of hydrogen-bond acceptors (Lipinski definition) is 11. The molecule has 1 fully saturated rings. The Morgan fingerprint density at radius 2 is 1.27 bits per heavy atom. The number of benzene rings is 2. The molecular weight excluding hydrogens is 492 g/mol. The van der Waals surface area contributed by atoms with E-state index in [4.69, 9.17) is 9.47 Å². The molecule has 0 heterocycles. The Morgan fingerprint density at radius 3 is 1.73 bits per heavy atom. The van der Waals surface area contributed by atoms with Crippen molar-refractivity contribution < 1.29 is 59.6 Å². The van der Waals surface area contributed by atoms with Crippen molar-refractivity contribution in [2.45, 2.75) is 36.8 Å². The van der Waals surface area contributed by atoms with Crippen molar-refractivity contribution in [1.82, 2.24) is 0 Å². The number of phenolic OH excluding ortho intramolecular Hbond substituents is 4. The van der Waals surface area contributed by atoms with Gasteiger partial charge in [-0.05, 0) is 47.5 Å². The van der Waals surface area contributed by atoms with E-state index in [-0.39, 0.29) is 11.5 Å². The van der Waals surface area contributed by atoms with Gasteiger partial charge >= 0.3 is 17.9 Å². The Labute approximate surface area is 209 Å². The van der Waals surface area contributed by atoms with Crippen molar-refractivity contribution in [2.75, 3.05) is 0 Å². The quantitative estimate of drug-likeness (QED) is 0.156. The molecule has 0 saturated heterocycles. The molecule has 0 unspecified atom stereocenters. The van der Waals surface area contributed by atoms with Crippen LogP contribution in [0.25, 0.3) is 12.2 Å². The predicted molar refractivity (Wildman–Crippen MR) is 125 cm³/mol. The molecule has 0 aliphatic heterocycles. The highest BCUT2D eigenvalue weighted by atomic mass is 16.6. The Morgan fingerprint density at radius 1 is 0.784 bits per heavy atom. The SMILES string of the molecule is O=C(/C=C/c1ccc(O)c(O)c1)O[C@@H]1[C@@H](O)C[C@@](O)(C(=O)O)C[C@H]1OC(=O)/C=C/c1ccc(O)c(O)c1. The maximum absolute atomic E-state index is 12.4. The zero-order valence-electron chi connectivity index (χ0n) is 19.1. The van der Waals surface area contributed by atoms with E-state index in [1.807, 2.05) is 0 Å². The zero-order chi connectivity index (χ0) is 27.3. The molecule has 0 spiro atoms. The van der Waals surface area contributed by atoms with Gasteiger partial charge < -0.3 is 45.2 Å². The molecule has 2 aromatic rings. The molecule has 37 heavy (non-hydrogen) atoms. The molecule has 1 aliphatic rings. The summed E-state index contributed by atoms with van der Waals surface area (Å²) in [5.41, 5.74) is -1.82. The number of aromatic hydroxyl groups is 4. The second-order valence-corrected chi connectivity index (χ2v) is 8.35. The molecule has 12 heteroatoms. The van der Waals surface area contributed by atoms with Gasteiger partial charge in [0.15, 0.2) is 34.7 Å². The fourth-order valence-corrected chi connectivity index (χ4v) is 3.66. The van der Waals surface area contributed by atoms with Crippen molar-refractivity contribution in [3.63, 3.8) is 0 Å². The number of carbonyl (C=O) groups is 3. The van der Waals surface area contributed by atoms with Crippen LogP contribution in [0.4, 0.5) is 0 Å². The van der Waals surface area contributed by atoms with Crippen LogP contribution >= 0.6 is 0 Å². The Kier molecular flexibility index (Phi) is 8.05. The highest BCUT2D eigenvalue weighted by Gasteiger charge is 2.52. The fourth-order valence-electron chi connectivity index (χ4n) is 3.66. The first-order valence-corrected chi connectivity index (χ1v) is 10.8. The van der Waals surface area contributed by atoms with E-state index >= 15 is 0 Å². The van der Waals surface area contributed by atoms with Crippen molar-refractivity contribution >= 4 is 30.1 Å². The van der Waals surface area contributed by atoms with Gasteiger partial charge in [-0.1, -0.05) is 12.1 Å². The van der Waals surface area contributed by atoms with Crippen LogP contribution in [0.2, 0.25) is 0 Å². The van der Waals surface area contributed by atoms with Gasteiger partial charge in [0, 0.05) is 25.0 Å². The standard InChI is InChI=1S/C25H24O12/c26-15-5-1-13(9-17(15)28)3-7-21(31)36-20-12-25(35,24(33)34)11-19(30)23(20)37-22(32)8-4-14-2-6-16(27)18(29)10-14/h1-10,19-20,23,26-30,35H,11-12H2,(H,33,34)/b7-3+,8-4+/t19-,20+,23+,25-/m0/s1. The van der Waals surface area contributed by atoms with E-state index in [1.54, 1.807) is 0 Å². The first-order chi connectivity index (χ1) is 17.4. The minimum Gasteiger partial charge on any atom is -0.504 e. The van der Waals surface area contributed by atoms with Gasteiger partial charge in [0.2, 0.25) is 0 Å². The summed E-state index contributed by atoms with van der Waals surface area (Å²) in [5, 5.41) is 68.0. The second-order valence-electron chi connectivity index (χ2n) is 8.35. The topological polar surface area (TPSA) is 211 Å². The van der Waals surface area contributed by atoms with Gasteiger partial charge in [0.1, 0.15) is 6.10 Å². The van der Waals surface area contributed by atoms with E-state index in [9.17, 15) is 50.1 Å². The fraction of sp³-hybridized carbons (Fsp3) is 0.240. The molecular formula is C25H24O12. The third-order valence-electron chi connectivity index (χ3n) is 5.57. The molecule has 12 nitrogen and oxygen atoms in total. The number of rotatable bonds is 7. The molecule has 196 valence electrons. The van der Waals surface area contributed by atoms with E-state index in [0.29, 0.717) is 11.1 Å². The average molecular weight is 516 g/mol. The largest absolute Gasteiger partial charge is 0.504 e. The summed E-state index contributed by atoms with van der Waals surface area (Å²) in [6, 6.07) is 7.50. The second kappa shape index (κ2) is 11.0. The Hall–Kier alpha value is -4.55. The highest BCUT2D eigenvalue weighted by Crippen LogP contribution is 2.33. The van der Waals surface area contributed by atoms with E-state index in [2.05, 4.69) is 0 Å². The Balaban J connectivity index is 1.75. The highest BCUT2D eigenvalue weighted by molar-refractivity contribution is 5.88. The number of carboxylic acid groups (broad SMARTS) is 1. The zero-order valence-corrected chi connectivity index (χ0v) is 19.1. The summed E-state index contributed by atoms with van der Waals surface area (Å²) in [7, 11) is 0. The molecule has 0 aromatic heterocycles. The summed E-state index contributed by atoms with van der Waals surface area (Å²) < 4.78 is 10.4. The van der Waals surface area contributed by atoms with Crippen molar-refractivity contribution in [1.29, 1.82) is 0 Å². The number of carbonyl (C=O) groups excluding carboxylic acids is 2. The molecule has 0 amide bonds. The van der Waals surface area contributed by atoms with Gasteiger partial charge in [0.05, 0.1) is 6.10 Å². The van der Waals surface area contributed by atoms with Gasteiger partial charge in [-0.25, -0.2) is 14.4 Å². The van der Waals surface area contributed by atoms with Crippen LogP contribution in [0.15, 0.2) is 48.6 Å². The van der Waals surface area contributed by atoms with Gasteiger partial charge in [-0.3, -0.25) is 0 Å². The molecule has 3 rings (SSSR count). The number of ether oxygens (including phenoxy) is 2. The number of aliphatic carboxylic acids is 1. The monoisotopic (exact) mass is 516 g/mol. The lowest BCUT2D eigenvalue weighted by atomic mass is 9.79. The molecule has 7 N–H and O–H groups in total. The summed E-state index contributed by atoms with van der Waals surface area (Å²) >= 11 is 0. The predicted octanol–water partition coefficient (Wildman–Crippen LogP) is 1.03. The minimum absolute atomic E-state index is 0.311. The molecule has 0 radical (unpaired) electrons. The van der Waals surface area contributed by atoms with Crippen molar-refractivity contribution in [3.8, 4) is 23.0 Å². The lowest BCUT2D eigenvalue weighted by molar-refractivity contribution is -0.204. The molecule has 1 aliphatic carbocycles. The number of aliphatic hydroxyl groups is 2. The molecule has 4 atom stereocenters. The van der Waals surface area contributed by atoms with Crippen LogP contribution in [0.5, 0.6) is 23.0 Å². The summed E-state index contributed by atoms with van der Waals surface area (Å²) in [5.74, 6) is -5.29. The third-order valence-corrected chi connectivity index (χ3v) is 5.57. The lowest BCUT2D eigenvalue weighted by Gasteiger charge is -2.40. The van der Waals surface area contributed by atoms with E-state index in [1.165, 1.54) is 42.5 Å². The van der Waals surface area contributed by atoms with Crippen LogP contribution in [0.1, 0.15) is 24.0 Å². The maximum atomic E-state index is 12.4. The van der Waals surface area contributed by atoms with Gasteiger partial charge in [-0.2, -0.15) is 0 Å². The number of hydrogen-bond donors (Lipinski definition) is 7. The maximum Gasteiger partial charge on any atom is 0.335 e. The summed E-state index contributed by atoms with van der Waals surface area (Å²) in [6.07, 6.45) is -1.86. The van der Waals surface area contributed by atoms with Crippen molar-refractivity contribution in [3.05, 3.63) is 59.7 Å². The summed E-state index contributed by atoms with van der Waals surface area (Å²) in [4.78, 5) is 36.3. The molecule has 2 aromatic carbocycles. The van der Waals surface area contributed by atoms with Crippen LogP contribution in [-0.2, 0) is 23.9 Å². The normalized spacial score (nSPS) is 23.7. The summed E-state index contributed by atoms with van der Waals surface area (Å²) in [6.45, 7) is 0. The number of aliphatic hydroxyl groups excluding tert-OH is 1. The lowest BCUT2D eigenvalue weighted by Crippen LogP contribution is -2.58. The van der Waals surface area contributed by atoms with Crippen LogP contribution in [-0.4, -0.2) is 77.6 Å². The first-order valence-electron chi connectivity index (χ1n) is 10.8. The number of esters is 2. The van der Waals surface area contributed by atoms with Crippen LogP contribution in [0.3, 0.4) is 0 Å². The van der Waals surface area contributed by atoms with Crippen LogP contribution < -0.4 is 0 Å².